The van der Waals surface area contributed by atoms with Crippen molar-refractivity contribution in [3.8, 4) is 28.1 Å². The monoisotopic (exact) mass is 591 g/mol. The molecule has 7 nitrogen and oxygen atoms in total. The zero-order valence-corrected chi connectivity index (χ0v) is 24.2. The number of likely N-dealkylation sites (tertiary alicyclic amines) is 1. The van der Waals surface area contributed by atoms with Crippen LogP contribution >= 0.6 is 23.2 Å². The minimum atomic E-state index is -0.858. The highest BCUT2D eigenvalue weighted by Crippen LogP contribution is 2.40. The molecular formula is C32H31Cl2N3O4. The molecule has 2 amide bonds. The van der Waals surface area contributed by atoms with E-state index in [9.17, 15) is 9.59 Å². The first kappa shape index (κ1) is 28.7. The fraction of sp³-hybridized carbons (Fsp3) is 0.250. The lowest BCUT2D eigenvalue weighted by molar-refractivity contribution is -0.125. The van der Waals surface area contributed by atoms with Crippen molar-refractivity contribution in [2.75, 3.05) is 26.3 Å². The number of aliphatic hydroxyl groups excluding tert-OH is 1. The van der Waals surface area contributed by atoms with Crippen molar-refractivity contribution in [1.29, 1.82) is 0 Å². The highest BCUT2D eigenvalue weighted by molar-refractivity contribution is 6.33. The number of halogens is 2. The van der Waals surface area contributed by atoms with Gasteiger partial charge in [-0.05, 0) is 72.5 Å². The Balaban J connectivity index is 1.48. The van der Waals surface area contributed by atoms with Gasteiger partial charge in [-0.2, -0.15) is 0 Å². The maximum absolute atomic E-state index is 14.0. The molecule has 3 N–H and O–H groups in total. The number of nitrogens with two attached hydrogens (primary N) is 1. The average Bonchev–Trinajstić information content (AvgIpc) is 3.33. The number of carbonyl (C=O) groups excluding carboxylic acids is 2. The zero-order valence-electron chi connectivity index (χ0n) is 22.6. The predicted molar refractivity (Wildman–Crippen MR) is 161 cm³/mol. The van der Waals surface area contributed by atoms with Gasteiger partial charge in [-0.3, -0.25) is 9.59 Å². The van der Waals surface area contributed by atoms with E-state index in [0.717, 1.165) is 27.9 Å². The predicted octanol–water partition coefficient (Wildman–Crippen LogP) is 5.70. The molecule has 1 aliphatic rings. The summed E-state index contributed by atoms with van der Waals surface area (Å²) in [6, 6.07) is 24.1. The summed E-state index contributed by atoms with van der Waals surface area (Å²) in [5.41, 5.74) is 9.74. The van der Waals surface area contributed by atoms with Gasteiger partial charge in [-0.15, -0.1) is 0 Å². The van der Waals surface area contributed by atoms with Gasteiger partial charge in [0.2, 0.25) is 5.91 Å². The number of benzene rings is 3. The topological polar surface area (TPSA) is 97.8 Å². The first-order valence-corrected chi connectivity index (χ1v) is 14.1. The van der Waals surface area contributed by atoms with Crippen LogP contribution in [0, 0.1) is 0 Å². The first-order valence-electron chi connectivity index (χ1n) is 13.4. The molecule has 1 aliphatic heterocycles. The van der Waals surface area contributed by atoms with Crippen LogP contribution in [0.5, 0.6) is 5.75 Å². The van der Waals surface area contributed by atoms with Crippen LogP contribution in [-0.4, -0.2) is 52.7 Å². The van der Waals surface area contributed by atoms with E-state index in [-0.39, 0.29) is 19.1 Å². The summed E-state index contributed by atoms with van der Waals surface area (Å²) in [4.78, 5) is 28.4. The lowest BCUT2D eigenvalue weighted by Gasteiger charge is -2.40. The highest BCUT2D eigenvalue weighted by Gasteiger charge is 2.43. The molecule has 9 heteroatoms. The van der Waals surface area contributed by atoms with E-state index in [2.05, 4.69) is 0 Å². The Kier molecular flexibility index (Phi) is 8.40. The average molecular weight is 593 g/mol. The number of primary amides is 1. The molecule has 0 unspecified atom stereocenters. The van der Waals surface area contributed by atoms with Crippen LogP contribution in [0.2, 0.25) is 10.0 Å². The fourth-order valence-electron chi connectivity index (χ4n) is 5.61. The lowest BCUT2D eigenvalue weighted by Crippen LogP contribution is -2.51. The van der Waals surface area contributed by atoms with Crippen LogP contribution in [0.25, 0.3) is 22.4 Å². The Morgan fingerprint density at radius 1 is 0.951 bits per heavy atom. The maximum Gasteiger partial charge on any atom is 0.270 e. The van der Waals surface area contributed by atoms with Crippen molar-refractivity contribution < 1.29 is 19.4 Å². The van der Waals surface area contributed by atoms with Crippen molar-refractivity contribution in [3.05, 3.63) is 100 Å². The second-order valence-electron chi connectivity index (χ2n) is 10.2. The molecular weight excluding hydrogens is 561 g/mol. The standard InChI is InChI=1S/C32H31Cl2N3O4/c1-36-28(30(39)37-16-14-32(15-17-37,31(35)40)22-8-10-23(33)11-9-22)20-26(25-4-2-3-5-27(25)34)29(36)21-6-12-24(13-7-21)41-19-18-38/h2-13,20,38H,14-19H2,1H3,(H2,35,40). The number of rotatable bonds is 8. The van der Waals surface area contributed by atoms with Gasteiger partial charge in [-0.1, -0.05) is 53.5 Å². The zero-order chi connectivity index (χ0) is 29.1. The maximum atomic E-state index is 14.0. The number of piperidine rings is 1. The summed E-state index contributed by atoms with van der Waals surface area (Å²) in [5, 5.41) is 10.2. The van der Waals surface area contributed by atoms with Gasteiger partial charge in [0.15, 0.2) is 0 Å². The molecule has 0 aliphatic carbocycles. The minimum absolute atomic E-state index is 0.0710. The van der Waals surface area contributed by atoms with Crippen molar-refractivity contribution in [1.82, 2.24) is 9.47 Å². The molecule has 41 heavy (non-hydrogen) atoms. The SMILES string of the molecule is Cn1c(C(=O)N2CCC(C(N)=O)(c3ccc(Cl)cc3)CC2)cc(-c2ccccc2Cl)c1-c1ccc(OCCO)cc1. The number of aromatic nitrogens is 1. The number of carbonyl (C=O) groups is 2. The van der Waals surface area contributed by atoms with Gasteiger partial charge in [0.25, 0.3) is 5.91 Å². The van der Waals surface area contributed by atoms with Crippen LogP contribution in [0.4, 0.5) is 0 Å². The van der Waals surface area contributed by atoms with Crippen molar-refractivity contribution in [3.63, 3.8) is 0 Å². The second kappa shape index (κ2) is 12.0. The smallest absolute Gasteiger partial charge is 0.270 e. The molecule has 4 aromatic rings. The molecule has 0 bridgehead atoms. The molecule has 1 aromatic heterocycles. The third-order valence-electron chi connectivity index (χ3n) is 7.88. The van der Waals surface area contributed by atoms with Crippen molar-refractivity contribution in [2.45, 2.75) is 18.3 Å². The van der Waals surface area contributed by atoms with E-state index in [1.54, 1.807) is 17.0 Å². The van der Waals surface area contributed by atoms with Gasteiger partial charge in [0, 0.05) is 41.3 Å². The van der Waals surface area contributed by atoms with Gasteiger partial charge < -0.3 is 25.0 Å². The van der Waals surface area contributed by atoms with Gasteiger partial charge >= 0.3 is 0 Å². The number of aliphatic hydroxyl groups is 1. The quantitative estimate of drug-likeness (QED) is 0.275. The number of ether oxygens (including phenoxy) is 1. The minimum Gasteiger partial charge on any atom is -0.491 e. The largest absolute Gasteiger partial charge is 0.491 e. The summed E-state index contributed by atoms with van der Waals surface area (Å²) in [6.07, 6.45) is 0.833. The molecule has 3 aromatic carbocycles. The van der Waals surface area contributed by atoms with Crippen molar-refractivity contribution >= 4 is 35.0 Å². The highest BCUT2D eigenvalue weighted by atomic mass is 35.5. The van der Waals surface area contributed by atoms with E-state index in [1.807, 2.05) is 78.3 Å². The number of amides is 2. The van der Waals surface area contributed by atoms with E-state index in [0.29, 0.717) is 47.4 Å². The summed E-state index contributed by atoms with van der Waals surface area (Å²) in [5.74, 6) is 0.101. The Morgan fingerprint density at radius 3 is 2.22 bits per heavy atom. The van der Waals surface area contributed by atoms with Gasteiger partial charge in [-0.25, -0.2) is 0 Å². The number of hydrogen-bond acceptors (Lipinski definition) is 4. The molecule has 212 valence electrons. The van der Waals surface area contributed by atoms with E-state index < -0.39 is 11.3 Å². The lowest BCUT2D eigenvalue weighted by atomic mass is 9.72. The molecule has 0 spiro atoms. The Morgan fingerprint density at radius 2 is 1.61 bits per heavy atom. The van der Waals surface area contributed by atoms with E-state index in [1.165, 1.54) is 0 Å². The molecule has 0 saturated carbocycles. The normalized spacial score (nSPS) is 14.6. The Labute approximate surface area is 249 Å². The molecule has 0 radical (unpaired) electrons. The van der Waals surface area contributed by atoms with E-state index in [4.69, 9.17) is 38.8 Å². The van der Waals surface area contributed by atoms with Crippen LogP contribution < -0.4 is 10.5 Å². The summed E-state index contributed by atoms with van der Waals surface area (Å²) >= 11 is 12.7. The summed E-state index contributed by atoms with van der Waals surface area (Å²) < 4.78 is 7.41. The third kappa shape index (κ3) is 5.58. The molecule has 5 rings (SSSR count). The molecule has 0 atom stereocenters. The second-order valence-corrected chi connectivity index (χ2v) is 11.0. The Bertz CT molecular complexity index is 1560. The van der Waals surface area contributed by atoms with Crippen LogP contribution in [-0.2, 0) is 17.3 Å². The molecule has 2 heterocycles. The molecule has 1 saturated heterocycles. The number of nitrogens with zero attached hydrogens (tertiary/aromatic N) is 2. The van der Waals surface area contributed by atoms with Gasteiger partial charge in [0.1, 0.15) is 18.1 Å². The van der Waals surface area contributed by atoms with Crippen LogP contribution in [0.15, 0.2) is 78.9 Å². The summed E-state index contributed by atoms with van der Waals surface area (Å²) in [7, 11) is 1.87. The Hall–Kier alpha value is -3.78. The van der Waals surface area contributed by atoms with Gasteiger partial charge in [0.05, 0.1) is 17.7 Å². The van der Waals surface area contributed by atoms with E-state index >= 15 is 0 Å². The molecule has 1 fully saturated rings. The number of hydrogen-bond donors (Lipinski definition) is 2. The van der Waals surface area contributed by atoms with Crippen LogP contribution in [0.1, 0.15) is 28.9 Å². The van der Waals surface area contributed by atoms with Crippen LogP contribution in [0.3, 0.4) is 0 Å². The van der Waals surface area contributed by atoms with Crippen molar-refractivity contribution in [2.24, 2.45) is 12.8 Å². The fourth-order valence-corrected chi connectivity index (χ4v) is 5.98. The first-order chi connectivity index (χ1) is 19.7. The summed E-state index contributed by atoms with van der Waals surface area (Å²) in [6.45, 7) is 0.892. The third-order valence-corrected chi connectivity index (χ3v) is 8.46.